The van der Waals surface area contributed by atoms with Crippen molar-refractivity contribution in [2.75, 3.05) is 39.3 Å². The first kappa shape index (κ1) is 12.8. The fourth-order valence-electron chi connectivity index (χ4n) is 2.71. The normalized spacial score (nSPS) is 28.4. The quantitative estimate of drug-likeness (QED) is 0.764. The van der Waals surface area contributed by atoms with Crippen LogP contribution in [0.1, 0.15) is 26.7 Å². The predicted octanol–water partition coefficient (Wildman–Crippen LogP) is 0.539. The highest BCUT2D eigenvalue weighted by Gasteiger charge is 2.23. The minimum absolute atomic E-state index is 0.325. The molecule has 0 aromatic rings. The monoisotopic (exact) mass is 239 g/mol. The Morgan fingerprint density at radius 1 is 1.24 bits per heavy atom. The van der Waals surface area contributed by atoms with Crippen molar-refractivity contribution >= 4 is 5.91 Å². The number of rotatable bonds is 2. The lowest BCUT2D eigenvalue weighted by Gasteiger charge is -2.35. The molecule has 0 saturated carbocycles. The van der Waals surface area contributed by atoms with E-state index in [9.17, 15) is 4.79 Å². The summed E-state index contributed by atoms with van der Waals surface area (Å²) in [5.41, 5.74) is 0. The molecule has 2 aliphatic rings. The molecule has 0 spiro atoms. The van der Waals surface area contributed by atoms with Crippen LogP contribution in [0.5, 0.6) is 0 Å². The summed E-state index contributed by atoms with van der Waals surface area (Å²) in [7, 11) is 0. The first-order chi connectivity index (χ1) is 8.15. The van der Waals surface area contributed by atoms with Gasteiger partial charge in [-0.15, -0.1) is 0 Å². The zero-order chi connectivity index (χ0) is 12.3. The van der Waals surface area contributed by atoms with Crippen LogP contribution in [0, 0.1) is 5.92 Å². The molecular formula is C13H25N3O. The molecule has 4 heteroatoms. The Hall–Kier alpha value is -0.610. The molecule has 1 atom stereocenters. The van der Waals surface area contributed by atoms with Crippen molar-refractivity contribution in [1.82, 2.24) is 15.1 Å². The fourth-order valence-corrected chi connectivity index (χ4v) is 2.71. The second-order valence-corrected chi connectivity index (χ2v) is 5.65. The zero-order valence-corrected chi connectivity index (χ0v) is 11.1. The number of piperidine rings is 1. The van der Waals surface area contributed by atoms with Crippen molar-refractivity contribution < 1.29 is 4.79 Å². The molecule has 4 nitrogen and oxygen atoms in total. The van der Waals surface area contributed by atoms with Gasteiger partial charge in [-0.25, -0.2) is 0 Å². The molecule has 1 N–H and O–H groups in total. The summed E-state index contributed by atoms with van der Waals surface area (Å²) in [5, 5.41) is 3.40. The summed E-state index contributed by atoms with van der Waals surface area (Å²) in [5.74, 6) is 1.12. The minimum atomic E-state index is 0.325. The standard InChI is InChI=1S/C13H25N3O/c1-11-3-6-16(7-4-11)13(17)10-15-8-5-14-12(2)9-15/h11-12,14H,3-10H2,1-2H3/t12-/m1/s1. The van der Waals surface area contributed by atoms with Gasteiger partial charge in [-0.05, 0) is 25.7 Å². The molecule has 0 aliphatic carbocycles. The van der Waals surface area contributed by atoms with Crippen LogP contribution >= 0.6 is 0 Å². The van der Waals surface area contributed by atoms with Gasteiger partial charge in [-0.1, -0.05) is 6.92 Å². The summed E-state index contributed by atoms with van der Waals surface area (Å²) >= 11 is 0. The van der Waals surface area contributed by atoms with Crippen LogP contribution in [0.2, 0.25) is 0 Å². The molecule has 2 aliphatic heterocycles. The highest BCUT2D eigenvalue weighted by Crippen LogP contribution is 2.16. The Morgan fingerprint density at radius 3 is 2.59 bits per heavy atom. The summed E-state index contributed by atoms with van der Waals surface area (Å²) in [6.45, 7) is 9.99. The minimum Gasteiger partial charge on any atom is -0.342 e. The van der Waals surface area contributed by atoms with E-state index < -0.39 is 0 Å². The number of amides is 1. The number of carbonyl (C=O) groups is 1. The van der Waals surface area contributed by atoms with Crippen LogP contribution in [-0.4, -0.2) is 61.0 Å². The molecule has 2 saturated heterocycles. The molecule has 1 amide bonds. The van der Waals surface area contributed by atoms with Crippen LogP contribution < -0.4 is 5.32 Å². The molecule has 0 aromatic heterocycles. The Morgan fingerprint density at radius 2 is 1.94 bits per heavy atom. The van der Waals surface area contributed by atoms with Gasteiger partial charge >= 0.3 is 0 Å². The van der Waals surface area contributed by atoms with Crippen LogP contribution in [0.3, 0.4) is 0 Å². The lowest BCUT2D eigenvalue weighted by molar-refractivity contribution is -0.134. The molecule has 2 rings (SSSR count). The van der Waals surface area contributed by atoms with E-state index in [2.05, 4.69) is 24.1 Å². The second kappa shape index (κ2) is 5.83. The van der Waals surface area contributed by atoms with E-state index >= 15 is 0 Å². The number of hydrogen-bond donors (Lipinski definition) is 1. The van der Waals surface area contributed by atoms with Crippen molar-refractivity contribution in [3.05, 3.63) is 0 Å². The third-order valence-corrected chi connectivity index (χ3v) is 3.95. The first-order valence-electron chi connectivity index (χ1n) is 6.88. The number of carbonyl (C=O) groups excluding carboxylic acids is 1. The Kier molecular flexibility index (Phi) is 4.40. The van der Waals surface area contributed by atoms with Crippen molar-refractivity contribution in [3.8, 4) is 0 Å². The summed E-state index contributed by atoms with van der Waals surface area (Å²) in [4.78, 5) is 16.5. The van der Waals surface area contributed by atoms with Gasteiger partial charge in [0.05, 0.1) is 6.54 Å². The molecule has 0 bridgehead atoms. The largest absolute Gasteiger partial charge is 0.342 e. The number of piperazine rings is 1. The molecule has 2 fully saturated rings. The maximum Gasteiger partial charge on any atom is 0.236 e. The van der Waals surface area contributed by atoms with Crippen LogP contribution in [0.15, 0.2) is 0 Å². The van der Waals surface area contributed by atoms with Crippen molar-refractivity contribution in [2.45, 2.75) is 32.7 Å². The van der Waals surface area contributed by atoms with E-state index in [1.165, 1.54) is 12.8 Å². The van der Waals surface area contributed by atoms with Gasteiger partial charge in [-0.3, -0.25) is 9.69 Å². The Balaban J connectivity index is 1.76. The summed E-state index contributed by atoms with van der Waals surface area (Å²) < 4.78 is 0. The Bertz CT molecular complexity index is 261. The Labute approximate surface area is 104 Å². The predicted molar refractivity (Wildman–Crippen MR) is 68.9 cm³/mol. The third kappa shape index (κ3) is 3.68. The van der Waals surface area contributed by atoms with Gasteiger partial charge < -0.3 is 10.2 Å². The van der Waals surface area contributed by atoms with E-state index in [1.807, 2.05) is 4.90 Å². The zero-order valence-electron chi connectivity index (χ0n) is 11.1. The van der Waals surface area contributed by atoms with Crippen molar-refractivity contribution in [1.29, 1.82) is 0 Å². The average molecular weight is 239 g/mol. The fraction of sp³-hybridized carbons (Fsp3) is 0.923. The summed E-state index contributed by atoms with van der Waals surface area (Å²) in [6, 6.07) is 0.512. The van der Waals surface area contributed by atoms with Crippen LogP contribution in [-0.2, 0) is 4.79 Å². The van der Waals surface area contributed by atoms with Crippen LogP contribution in [0.25, 0.3) is 0 Å². The number of likely N-dealkylation sites (tertiary alicyclic amines) is 1. The number of nitrogens with zero attached hydrogens (tertiary/aromatic N) is 2. The SMILES string of the molecule is CC1CCN(C(=O)CN2CCN[C@H](C)C2)CC1. The average Bonchev–Trinajstić information content (AvgIpc) is 2.29. The lowest BCUT2D eigenvalue weighted by atomic mass is 9.99. The highest BCUT2D eigenvalue weighted by molar-refractivity contribution is 5.78. The van der Waals surface area contributed by atoms with E-state index in [0.717, 1.165) is 38.6 Å². The maximum absolute atomic E-state index is 12.1. The van der Waals surface area contributed by atoms with E-state index in [-0.39, 0.29) is 0 Å². The molecule has 2 heterocycles. The molecule has 0 aromatic carbocycles. The molecule has 98 valence electrons. The molecule has 17 heavy (non-hydrogen) atoms. The molecular weight excluding hydrogens is 214 g/mol. The van der Waals surface area contributed by atoms with E-state index in [0.29, 0.717) is 18.5 Å². The molecule has 0 radical (unpaired) electrons. The van der Waals surface area contributed by atoms with Gasteiger partial charge in [0.1, 0.15) is 0 Å². The first-order valence-corrected chi connectivity index (χ1v) is 6.88. The van der Waals surface area contributed by atoms with E-state index in [4.69, 9.17) is 0 Å². The van der Waals surface area contributed by atoms with Gasteiger partial charge in [0.25, 0.3) is 0 Å². The van der Waals surface area contributed by atoms with Gasteiger partial charge in [-0.2, -0.15) is 0 Å². The maximum atomic E-state index is 12.1. The highest BCUT2D eigenvalue weighted by atomic mass is 16.2. The smallest absolute Gasteiger partial charge is 0.236 e. The van der Waals surface area contributed by atoms with Crippen molar-refractivity contribution in [2.24, 2.45) is 5.92 Å². The van der Waals surface area contributed by atoms with Crippen LogP contribution in [0.4, 0.5) is 0 Å². The summed E-state index contributed by atoms with van der Waals surface area (Å²) in [6.07, 6.45) is 2.34. The lowest BCUT2D eigenvalue weighted by Crippen LogP contribution is -2.52. The second-order valence-electron chi connectivity index (χ2n) is 5.65. The number of nitrogens with one attached hydrogen (secondary N) is 1. The van der Waals surface area contributed by atoms with Gasteiger partial charge in [0.15, 0.2) is 0 Å². The topological polar surface area (TPSA) is 35.6 Å². The van der Waals surface area contributed by atoms with Gasteiger partial charge in [0, 0.05) is 38.8 Å². The number of hydrogen-bond acceptors (Lipinski definition) is 3. The molecule has 0 unspecified atom stereocenters. The van der Waals surface area contributed by atoms with Crippen molar-refractivity contribution in [3.63, 3.8) is 0 Å². The van der Waals surface area contributed by atoms with E-state index in [1.54, 1.807) is 0 Å². The van der Waals surface area contributed by atoms with Gasteiger partial charge in [0.2, 0.25) is 5.91 Å². The third-order valence-electron chi connectivity index (χ3n) is 3.95.